The van der Waals surface area contributed by atoms with Gasteiger partial charge in [0.1, 0.15) is 23.6 Å². The van der Waals surface area contributed by atoms with Gasteiger partial charge in [0.15, 0.2) is 0 Å². The maximum atomic E-state index is 12.4. The van der Waals surface area contributed by atoms with Crippen molar-refractivity contribution in [2.45, 2.75) is 13.5 Å². The third kappa shape index (κ3) is 1.94. The Hall–Kier alpha value is -2.83. The Labute approximate surface area is 119 Å². The first-order valence-electron chi connectivity index (χ1n) is 6.30. The van der Waals surface area contributed by atoms with Crippen LogP contribution in [0, 0.1) is 6.92 Å². The monoisotopic (exact) mass is 287 g/mol. The van der Waals surface area contributed by atoms with Gasteiger partial charge in [-0.05, 0) is 25.1 Å². The summed E-state index contributed by atoms with van der Waals surface area (Å²) in [5.74, 6) is 0.0796. The van der Waals surface area contributed by atoms with E-state index in [-0.39, 0.29) is 0 Å². The molecule has 0 amide bonds. The first kappa shape index (κ1) is 13.2. The zero-order valence-electron chi connectivity index (χ0n) is 11.5. The lowest BCUT2D eigenvalue weighted by Crippen LogP contribution is -2.29. The van der Waals surface area contributed by atoms with Crippen molar-refractivity contribution in [2.75, 3.05) is 7.11 Å². The van der Waals surface area contributed by atoms with E-state index in [0.29, 0.717) is 17.1 Å². The molecule has 0 aliphatic heterocycles. The quantitative estimate of drug-likeness (QED) is 0.778. The van der Waals surface area contributed by atoms with Crippen molar-refractivity contribution >= 4 is 22.4 Å². The van der Waals surface area contributed by atoms with Crippen molar-refractivity contribution in [3.05, 3.63) is 40.4 Å². The summed E-state index contributed by atoms with van der Waals surface area (Å²) in [7, 11) is 1.56. The summed E-state index contributed by atoms with van der Waals surface area (Å²) in [5, 5.41) is 13.7. The maximum Gasteiger partial charge on any atom is 0.325 e. The third-order valence-electron chi connectivity index (χ3n) is 3.35. The van der Waals surface area contributed by atoms with Crippen LogP contribution in [0.4, 0.5) is 0 Å². The van der Waals surface area contributed by atoms with E-state index in [1.165, 1.54) is 0 Å². The van der Waals surface area contributed by atoms with Gasteiger partial charge in [-0.25, -0.2) is 4.68 Å². The number of benzene rings is 1. The molecule has 3 rings (SSSR count). The Morgan fingerprint density at radius 2 is 2.14 bits per heavy atom. The van der Waals surface area contributed by atoms with E-state index in [1.54, 1.807) is 30.6 Å². The van der Waals surface area contributed by atoms with Gasteiger partial charge in [0, 0.05) is 5.39 Å². The molecular weight excluding hydrogens is 274 g/mol. The number of aliphatic carboxylic acids is 1. The Bertz CT molecular complexity index is 923. The largest absolute Gasteiger partial charge is 0.496 e. The van der Waals surface area contributed by atoms with Crippen LogP contribution in [0.15, 0.2) is 29.1 Å². The number of rotatable bonds is 3. The number of carboxylic acid groups (broad SMARTS) is 1. The summed E-state index contributed by atoms with van der Waals surface area (Å²) >= 11 is 0. The van der Waals surface area contributed by atoms with Gasteiger partial charge < -0.3 is 9.84 Å². The summed E-state index contributed by atoms with van der Waals surface area (Å²) in [4.78, 5) is 23.2. The number of carbonyl (C=O) groups is 1. The highest BCUT2D eigenvalue weighted by molar-refractivity contribution is 5.92. The predicted molar refractivity (Wildman–Crippen MR) is 75.9 cm³/mol. The molecule has 2 heterocycles. The molecule has 0 saturated heterocycles. The Morgan fingerprint density at radius 3 is 2.81 bits per heavy atom. The van der Waals surface area contributed by atoms with E-state index >= 15 is 0 Å². The molecule has 0 fully saturated rings. The van der Waals surface area contributed by atoms with Gasteiger partial charge >= 0.3 is 5.97 Å². The highest BCUT2D eigenvalue weighted by atomic mass is 16.5. The van der Waals surface area contributed by atoms with Crippen LogP contribution in [-0.4, -0.2) is 32.4 Å². The zero-order chi connectivity index (χ0) is 15.1. The second kappa shape index (κ2) is 4.62. The number of methoxy groups -OCH3 is 1. The van der Waals surface area contributed by atoms with Gasteiger partial charge in [0.25, 0.3) is 5.56 Å². The summed E-state index contributed by atoms with van der Waals surface area (Å²) < 4.78 is 7.96. The van der Waals surface area contributed by atoms with Crippen LogP contribution in [0.3, 0.4) is 0 Å². The molecule has 0 unspecified atom stereocenters. The molecule has 3 aromatic rings. The minimum Gasteiger partial charge on any atom is -0.496 e. The van der Waals surface area contributed by atoms with Gasteiger partial charge in [0.2, 0.25) is 0 Å². The van der Waals surface area contributed by atoms with Crippen molar-refractivity contribution in [1.82, 2.24) is 14.2 Å². The highest BCUT2D eigenvalue weighted by Gasteiger charge is 2.15. The smallest absolute Gasteiger partial charge is 0.325 e. The first-order valence-corrected chi connectivity index (χ1v) is 6.30. The van der Waals surface area contributed by atoms with E-state index in [2.05, 4.69) is 5.10 Å². The van der Waals surface area contributed by atoms with Crippen molar-refractivity contribution in [3.8, 4) is 5.75 Å². The average Bonchev–Trinajstić information content (AvgIpc) is 2.83. The third-order valence-corrected chi connectivity index (χ3v) is 3.35. The Kier molecular flexibility index (Phi) is 2.90. The van der Waals surface area contributed by atoms with E-state index < -0.39 is 18.1 Å². The van der Waals surface area contributed by atoms with E-state index in [1.807, 2.05) is 12.1 Å². The second-order valence-corrected chi connectivity index (χ2v) is 4.66. The summed E-state index contributed by atoms with van der Waals surface area (Å²) in [5.41, 5.74) is 0.735. The van der Waals surface area contributed by atoms with E-state index in [0.717, 1.165) is 15.6 Å². The number of fused-ring (bicyclic) bond motifs is 3. The zero-order valence-corrected chi connectivity index (χ0v) is 11.5. The number of aromatic nitrogens is 3. The highest BCUT2D eigenvalue weighted by Crippen LogP contribution is 2.28. The van der Waals surface area contributed by atoms with Gasteiger partial charge in [-0.15, -0.1) is 0 Å². The maximum absolute atomic E-state index is 12.4. The van der Waals surface area contributed by atoms with Crippen molar-refractivity contribution in [3.63, 3.8) is 0 Å². The molecule has 1 N–H and O–H groups in total. The van der Waals surface area contributed by atoms with Crippen molar-refractivity contribution in [2.24, 2.45) is 0 Å². The van der Waals surface area contributed by atoms with Crippen LogP contribution in [0.1, 0.15) is 5.82 Å². The Morgan fingerprint density at radius 1 is 1.38 bits per heavy atom. The number of hydrogen-bond donors (Lipinski definition) is 1. The summed E-state index contributed by atoms with van der Waals surface area (Å²) in [6.45, 7) is 1.26. The lowest BCUT2D eigenvalue weighted by Gasteiger charge is -2.06. The molecular formula is C14H13N3O4. The van der Waals surface area contributed by atoms with Crippen LogP contribution < -0.4 is 10.3 Å². The minimum absolute atomic E-state index is 0.378. The lowest BCUT2D eigenvalue weighted by molar-refractivity contribution is -0.138. The van der Waals surface area contributed by atoms with Crippen LogP contribution in [0.2, 0.25) is 0 Å². The topological polar surface area (TPSA) is 85.8 Å². The SMILES string of the molecule is COc1cccc2c1cc1c(=O)n(CC(=O)O)nc(C)n12. The van der Waals surface area contributed by atoms with Crippen LogP contribution in [0.5, 0.6) is 5.75 Å². The van der Waals surface area contributed by atoms with Crippen LogP contribution in [0.25, 0.3) is 16.4 Å². The normalized spacial score (nSPS) is 11.1. The molecule has 0 radical (unpaired) electrons. The summed E-state index contributed by atoms with van der Waals surface area (Å²) in [6.07, 6.45) is 0. The minimum atomic E-state index is -1.11. The number of hydrogen-bond acceptors (Lipinski definition) is 4. The fourth-order valence-corrected chi connectivity index (χ4v) is 2.52. The van der Waals surface area contributed by atoms with Crippen molar-refractivity contribution in [1.29, 1.82) is 0 Å². The van der Waals surface area contributed by atoms with Crippen molar-refractivity contribution < 1.29 is 14.6 Å². The van der Waals surface area contributed by atoms with E-state index in [9.17, 15) is 9.59 Å². The molecule has 0 atom stereocenters. The molecule has 7 heteroatoms. The molecule has 0 aliphatic carbocycles. The molecule has 0 spiro atoms. The summed E-state index contributed by atoms with van der Waals surface area (Å²) in [6, 6.07) is 7.19. The fourth-order valence-electron chi connectivity index (χ4n) is 2.52. The molecule has 0 aliphatic rings. The standard InChI is InChI=1S/C14H13N3O4/c1-8-15-16(7-13(18)19)14(20)11-6-9-10(17(8)11)4-3-5-12(9)21-2/h3-6H,7H2,1-2H3,(H,18,19). The second-order valence-electron chi connectivity index (χ2n) is 4.66. The Balaban J connectivity index is 2.44. The number of carboxylic acids is 1. The molecule has 2 aromatic heterocycles. The molecule has 21 heavy (non-hydrogen) atoms. The van der Waals surface area contributed by atoms with Gasteiger partial charge in [0.05, 0.1) is 12.6 Å². The van der Waals surface area contributed by atoms with Gasteiger partial charge in [-0.2, -0.15) is 5.10 Å². The number of nitrogens with zero attached hydrogens (tertiary/aromatic N) is 3. The molecule has 108 valence electrons. The molecule has 0 saturated carbocycles. The molecule has 7 nitrogen and oxygen atoms in total. The lowest BCUT2D eigenvalue weighted by atomic mass is 10.2. The number of ether oxygens (including phenoxy) is 1. The predicted octanol–water partition coefficient (Wildman–Crippen LogP) is 1.05. The molecule has 0 bridgehead atoms. The first-order chi connectivity index (χ1) is 10.0. The molecule has 1 aromatic carbocycles. The van der Waals surface area contributed by atoms with Gasteiger partial charge in [-0.3, -0.25) is 14.0 Å². The van der Waals surface area contributed by atoms with Crippen LogP contribution >= 0.6 is 0 Å². The number of aryl methyl sites for hydroxylation is 1. The van der Waals surface area contributed by atoms with E-state index in [4.69, 9.17) is 9.84 Å². The van der Waals surface area contributed by atoms with Crippen LogP contribution in [-0.2, 0) is 11.3 Å². The average molecular weight is 287 g/mol. The fraction of sp³-hybridized carbons (Fsp3) is 0.214. The van der Waals surface area contributed by atoms with Gasteiger partial charge in [-0.1, -0.05) is 6.07 Å².